The summed E-state index contributed by atoms with van der Waals surface area (Å²) in [6, 6.07) is 5.71. The molecule has 0 aliphatic rings. The first-order chi connectivity index (χ1) is 6.58. The van der Waals surface area contributed by atoms with Crippen LogP contribution in [-0.2, 0) is 0 Å². The van der Waals surface area contributed by atoms with Crippen molar-refractivity contribution in [1.82, 2.24) is 0 Å². The van der Waals surface area contributed by atoms with Gasteiger partial charge in [-0.1, -0.05) is 6.07 Å². The predicted octanol–water partition coefficient (Wildman–Crippen LogP) is 2.68. The fourth-order valence-electron chi connectivity index (χ4n) is 0.955. The van der Waals surface area contributed by atoms with E-state index in [0.29, 0.717) is 5.69 Å². The van der Waals surface area contributed by atoms with Crippen molar-refractivity contribution in [3.8, 4) is 0 Å². The van der Waals surface area contributed by atoms with Crippen molar-refractivity contribution in [2.45, 2.75) is 6.92 Å². The van der Waals surface area contributed by atoms with Crippen molar-refractivity contribution in [3.05, 3.63) is 42.0 Å². The molecule has 74 valence electrons. The molecule has 0 radical (unpaired) electrons. The maximum atomic E-state index is 12.7. The Labute approximate surface area is 81.4 Å². The number of hydrogen-bond donors (Lipinski definition) is 3. The molecule has 0 saturated heterocycles. The molecule has 3 N–H and O–H groups in total. The summed E-state index contributed by atoms with van der Waals surface area (Å²) in [7, 11) is 0. The molecule has 4 heteroatoms. The highest BCUT2D eigenvalue weighted by atomic mass is 19.1. The fraction of sp³-hybridized carbons (Fsp3) is 0.100. The molecule has 0 aromatic heterocycles. The molecule has 1 rings (SSSR count). The third-order valence-corrected chi connectivity index (χ3v) is 1.45. The lowest BCUT2D eigenvalue weighted by atomic mass is 10.3. The second-order valence-electron chi connectivity index (χ2n) is 2.85. The van der Waals surface area contributed by atoms with Gasteiger partial charge < -0.3 is 15.8 Å². The summed E-state index contributed by atoms with van der Waals surface area (Å²) in [5.41, 5.74) is 0.659. The SMILES string of the molecule is CC(=N)/C=C(/O)Nc1cccc(F)c1. The summed E-state index contributed by atoms with van der Waals surface area (Å²) in [6.45, 7) is 1.53. The average Bonchev–Trinajstić information content (AvgIpc) is 2.01. The first kappa shape index (κ1) is 10.2. The molecule has 0 aliphatic heterocycles. The number of hydrogen-bond acceptors (Lipinski definition) is 3. The standard InChI is InChI=1S/C10H11FN2O/c1-7(12)5-10(14)13-9-4-2-3-8(11)6-9/h2-6,12-14H,1H3/b10-5+,12-7?. The molecule has 14 heavy (non-hydrogen) atoms. The van der Waals surface area contributed by atoms with Crippen LogP contribution in [0, 0.1) is 11.2 Å². The van der Waals surface area contributed by atoms with Crippen molar-refractivity contribution in [2.75, 3.05) is 5.32 Å². The van der Waals surface area contributed by atoms with E-state index in [9.17, 15) is 9.50 Å². The van der Waals surface area contributed by atoms with Crippen molar-refractivity contribution in [1.29, 1.82) is 5.41 Å². The lowest BCUT2D eigenvalue weighted by Crippen LogP contribution is -2.00. The fourth-order valence-corrected chi connectivity index (χ4v) is 0.955. The van der Waals surface area contributed by atoms with E-state index in [1.165, 1.54) is 31.2 Å². The summed E-state index contributed by atoms with van der Waals surface area (Å²) in [4.78, 5) is 0. The first-order valence-corrected chi connectivity index (χ1v) is 4.06. The summed E-state index contributed by atoms with van der Waals surface area (Å²) in [6.07, 6.45) is 1.24. The summed E-state index contributed by atoms with van der Waals surface area (Å²) < 4.78 is 12.7. The molecular weight excluding hydrogens is 183 g/mol. The molecule has 1 aromatic carbocycles. The number of anilines is 1. The quantitative estimate of drug-likeness (QED) is 0.511. The monoisotopic (exact) mass is 194 g/mol. The topological polar surface area (TPSA) is 56.1 Å². The van der Waals surface area contributed by atoms with Gasteiger partial charge in [0.2, 0.25) is 0 Å². The molecule has 0 heterocycles. The van der Waals surface area contributed by atoms with Crippen molar-refractivity contribution in [2.24, 2.45) is 0 Å². The lowest BCUT2D eigenvalue weighted by Gasteiger charge is -2.04. The highest BCUT2D eigenvalue weighted by Crippen LogP contribution is 2.10. The first-order valence-electron chi connectivity index (χ1n) is 4.06. The van der Waals surface area contributed by atoms with E-state index >= 15 is 0 Å². The normalized spacial score (nSPS) is 11.1. The molecule has 0 aliphatic carbocycles. The zero-order valence-corrected chi connectivity index (χ0v) is 7.71. The van der Waals surface area contributed by atoms with E-state index in [4.69, 9.17) is 5.41 Å². The van der Waals surface area contributed by atoms with Gasteiger partial charge in [0.05, 0.1) is 0 Å². The van der Waals surface area contributed by atoms with Crippen LogP contribution in [0.4, 0.5) is 10.1 Å². The van der Waals surface area contributed by atoms with Gasteiger partial charge in [0.1, 0.15) is 5.82 Å². The predicted molar refractivity (Wildman–Crippen MR) is 54.1 cm³/mol. The number of aliphatic hydroxyl groups excluding tert-OH is 1. The Balaban J connectivity index is 2.74. The van der Waals surface area contributed by atoms with Crippen LogP contribution in [0.2, 0.25) is 0 Å². The van der Waals surface area contributed by atoms with Crippen LogP contribution < -0.4 is 5.32 Å². The van der Waals surface area contributed by atoms with E-state index in [0.717, 1.165) is 0 Å². The molecule has 0 spiro atoms. The van der Waals surface area contributed by atoms with Crippen molar-refractivity contribution < 1.29 is 9.50 Å². The third kappa shape index (κ3) is 3.26. The Morgan fingerprint density at radius 3 is 2.86 bits per heavy atom. The molecule has 0 unspecified atom stereocenters. The Kier molecular flexibility index (Phi) is 3.23. The van der Waals surface area contributed by atoms with Crippen LogP contribution in [0.5, 0.6) is 0 Å². The van der Waals surface area contributed by atoms with Crippen LogP contribution in [0.25, 0.3) is 0 Å². The van der Waals surface area contributed by atoms with Crippen molar-refractivity contribution >= 4 is 11.4 Å². The van der Waals surface area contributed by atoms with E-state index in [-0.39, 0.29) is 17.4 Å². The van der Waals surface area contributed by atoms with E-state index in [2.05, 4.69) is 5.32 Å². The number of benzene rings is 1. The minimum atomic E-state index is -0.380. The molecule has 0 fully saturated rings. The third-order valence-electron chi connectivity index (χ3n) is 1.45. The van der Waals surface area contributed by atoms with Crippen LogP contribution in [0.1, 0.15) is 6.92 Å². The highest BCUT2D eigenvalue weighted by molar-refractivity contribution is 5.90. The molecule has 3 nitrogen and oxygen atoms in total. The van der Waals surface area contributed by atoms with Gasteiger partial charge in [-0.2, -0.15) is 0 Å². The lowest BCUT2D eigenvalue weighted by molar-refractivity contribution is 0.420. The second kappa shape index (κ2) is 4.41. The van der Waals surface area contributed by atoms with Gasteiger partial charge in [-0.05, 0) is 25.1 Å². The zero-order valence-electron chi connectivity index (χ0n) is 7.71. The Morgan fingerprint density at radius 2 is 2.29 bits per heavy atom. The summed E-state index contributed by atoms with van der Waals surface area (Å²) in [5, 5.41) is 18.9. The van der Waals surface area contributed by atoms with Gasteiger partial charge in [0, 0.05) is 17.5 Å². The number of halogens is 1. The highest BCUT2D eigenvalue weighted by Gasteiger charge is 1.96. The van der Waals surface area contributed by atoms with Gasteiger partial charge in [-0.3, -0.25) is 0 Å². The maximum Gasteiger partial charge on any atom is 0.190 e. The largest absolute Gasteiger partial charge is 0.495 e. The molecular formula is C10H11FN2O. The number of rotatable bonds is 3. The zero-order chi connectivity index (χ0) is 10.6. The van der Waals surface area contributed by atoms with Crippen LogP contribution in [0.15, 0.2) is 36.2 Å². The Hall–Kier alpha value is -1.84. The average molecular weight is 194 g/mol. The number of allylic oxidation sites excluding steroid dienone is 1. The number of aliphatic hydroxyl groups is 1. The molecule has 1 aromatic rings. The maximum absolute atomic E-state index is 12.7. The van der Waals surface area contributed by atoms with E-state index in [1.807, 2.05) is 0 Å². The molecule has 0 bridgehead atoms. The molecule has 0 saturated carbocycles. The minimum absolute atomic E-state index is 0.178. The summed E-state index contributed by atoms with van der Waals surface area (Å²) in [5.74, 6) is -0.558. The van der Waals surface area contributed by atoms with Gasteiger partial charge in [0.25, 0.3) is 0 Å². The van der Waals surface area contributed by atoms with Crippen LogP contribution >= 0.6 is 0 Å². The van der Waals surface area contributed by atoms with Crippen LogP contribution in [0.3, 0.4) is 0 Å². The summed E-state index contributed by atoms with van der Waals surface area (Å²) >= 11 is 0. The molecule has 0 amide bonds. The minimum Gasteiger partial charge on any atom is -0.495 e. The van der Waals surface area contributed by atoms with Crippen molar-refractivity contribution in [3.63, 3.8) is 0 Å². The van der Waals surface area contributed by atoms with Gasteiger partial charge >= 0.3 is 0 Å². The Bertz CT molecular complexity index is 374. The molecule has 0 atom stereocenters. The van der Waals surface area contributed by atoms with Gasteiger partial charge in [-0.25, -0.2) is 4.39 Å². The van der Waals surface area contributed by atoms with Gasteiger partial charge in [-0.15, -0.1) is 0 Å². The smallest absolute Gasteiger partial charge is 0.190 e. The number of nitrogens with one attached hydrogen (secondary N) is 2. The Morgan fingerprint density at radius 1 is 1.57 bits per heavy atom. The second-order valence-corrected chi connectivity index (χ2v) is 2.85. The van der Waals surface area contributed by atoms with Gasteiger partial charge in [0.15, 0.2) is 5.88 Å². The van der Waals surface area contributed by atoms with E-state index in [1.54, 1.807) is 6.07 Å². The van der Waals surface area contributed by atoms with E-state index < -0.39 is 0 Å². The van der Waals surface area contributed by atoms with Crippen LogP contribution in [-0.4, -0.2) is 10.8 Å².